The molecule has 0 radical (unpaired) electrons. The third-order valence-electron chi connectivity index (χ3n) is 3.20. The van der Waals surface area contributed by atoms with E-state index in [1.165, 1.54) is 6.07 Å². The van der Waals surface area contributed by atoms with Gasteiger partial charge in [0.05, 0.1) is 12.3 Å². The first-order valence-corrected chi connectivity index (χ1v) is 7.05. The van der Waals surface area contributed by atoms with Crippen LogP contribution in [0.5, 0.6) is 5.75 Å². The van der Waals surface area contributed by atoms with Crippen LogP contribution >= 0.6 is 0 Å². The predicted octanol–water partition coefficient (Wildman–Crippen LogP) is 3.31. The number of halogens is 1. The summed E-state index contributed by atoms with van der Waals surface area (Å²) < 4.78 is 18.7. The molecule has 21 heavy (non-hydrogen) atoms. The minimum atomic E-state index is -0.191. The summed E-state index contributed by atoms with van der Waals surface area (Å²) in [6.07, 6.45) is 0.889. The second-order valence-electron chi connectivity index (χ2n) is 5.11. The van der Waals surface area contributed by atoms with Crippen molar-refractivity contribution in [2.75, 3.05) is 25.9 Å². The van der Waals surface area contributed by atoms with E-state index >= 15 is 0 Å². The highest BCUT2D eigenvalue weighted by Crippen LogP contribution is 2.19. The van der Waals surface area contributed by atoms with Crippen LogP contribution in [0.15, 0.2) is 48.5 Å². The minimum absolute atomic E-state index is 0.191. The Kier molecular flexibility index (Phi) is 5.58. The summed E-state index contributed by atoms with van der Waals surface area (Å²) in [5.74, 6) is 0.536. The maximum absolute atomic E-state index is 13.1. The molecule has 0 aliphatic heterocycles. The molecule has 2 rings (SSSR count). The average Bonchev–Trinajstić information content (AvgIpc) is 2.45. The SMILES string of the molecule is CN(CCCOc1ccccc1N)Cc1cccc(F)c1. The van der Waals surface area contributed by atoms with Gasteiger partial charge in [0.15, 0.2) is 0 Å². The molecule has 0 saturated heterocycles. The topological polar surface area (TPSA) is 38.5 Å². The molecule has 4 heteroatoms. The van der Waals surface area contributed by atoms with Gasteiger partial charge in [0.25, 0.3) is 0 Å². The zero-order chi connectivity index (χ0) is 15.1. The van der Waals surface area contributed by atoms with Crippen molar-refractivity contribution in [3.63, 3.8) is 0 Å². The van der Waals surface area contributed by atoms with Crippen LogP contribution in [0.25, 0.3) is 0 Å². The number of nitrogens with two attached hydrogens (primary N) is 1. The Labute approximate surface area is 125 Å². The summed E-state index contributed by atoms with van der Waals surface area (Å²) in [4.78, 5) is 2.15. The van der Waals surface area contributed by atoms with Crippen LogP contribution in [0.4, 0.5) is 10.1 Å². The van der Waals surface area contributed by atoms with E-state index in [2.05, 4.69) is 4.90 Å². The first-order chi connectivity index (χ1) is 10.1. The van der Waals surface area contributed by atoms with Crippen molar-refractivity contribution >= 4 is 5.69 Å². The van der Waals surface area contributed by atoms with Gasteiger partial charge in [-0.1, -0.05) is 24.3 Å². The number of nitrogen functional groups attached to an aromatic ring is 1. The lowest BCUT2D eigenvalue weighted by Crippen LogP contribution is -2.20. The molecule has 0 spiro atoms. The summed E-state index contributed by atoms with van der Waals surface area (Å²) in [6, 6.07) is 14.2. The fraction of sp³-hybridized carbons (Fsp3) is 0.294. The van der Waals surface area contributed by atoms with E-state index < -0.39 is 0 Å². The van der Waals surface area contributed by atoms with E-state index in [9.17, 15) is 4.39 Å². The molecule has 2 aromatic carbocycles. The zero-order valence-electron chi connectivity index (χ0n) is 12.3. The molecule has 0 amide bonds. The number of hydrogen-bond donors (Lipinski definition) is 1. The molecule has 0 bridgehead atoms. The molecule has 0 aromatic heterocycles. The van der Waals surface area contributed by atoms with Crippen molar-refractivity contribution in [1.29, 1.82) is 0 Å². The Morgan fingerprint density at radius 3 is 2.71 bits per heavy atom. The molecule has 2 aromatic rings. The summed E-state index contributed by atoms with van der Waals surface area (Å²) in [5, 5.41) is 0. The van der Waals surface area contributed by atoms with Gasteiger partial charge in [0, 0.05) is 13.1 Å². The molecule has 0 atom stereocenters. The number of hydrogen-bond acceptors (Lipinski definition) is 3. The van der Waals surface area contributed by atoms with E-state index in [1.807, 2.05) is 37.4 Å². The highest BCUT2D eigenvalue weighted by Gasteiger charge is 2.03. The maximum atomic E-state index is 13.1. The Hall–Kier alpha value is -2.07. The second-order valence-corrected chi connectivity index (χ2v) is 5.11. The van der Waals surface area contributed by atoms with Gasteiger partial charge >= 0.3 is 0 Å². The summed E-state index contributed by atoms with van der Waals surface area (Å²) in [7, 11) is 2.02. The fourth-order valence-electron chi connectivity index (χ4n) is 2.15. The predicted molar refractivity (Wildman–Crippen MR) is 83.7 cm³/mol. The van der Waals surface area contributed by atoms with Crippen LogP contribution in [-0.2, 0) is 6.54 Å². The van der Waals surface area contributed by atoms with E-state index in [1.54, 1.807) is 12.1 Å². The van der Waals surface area contributed by atoms with E-state index in [4.69, 9.17) is 10.5 Å². The van der Waals surface area contributed by atoms with Gasteiger partial charge in [0.1, 0.15) is 11.6 Å². The first kappa shape index (κ1) is 15.3. The van der Waals surface area contributed by atoms with Gasteiger partial charge in [-0.15, -0.1) is 0 Å². The van der Waals surface area contributed by atoms with Crippen LogP contribution in [0.3, 0.4) is 0 Å². The van der Waals surface area contributed by atoms with Crippen molar-refractivity contribution in [1.82, 2.24) is 4.90 Å². The van der Waals surface area contributed by atoms with E-state index in [-0.39, 0.29) is 5.82 Å². The third-order valence-corrected chi connectivity index (χ3v) is 3.20. The van der Waals surface area contributed by atoms with Crippen molar-refractivity contribution < 1.29 is 9.13 Å². The van der Waals surface area contributed by atoms with Crippen molar-refractivity contribution in [2.24, 2.45) is 0 Å². The van der Waals surface area contributed by atoms with Gasteiger partial charge in [-0.3, -0.25) is 0 Å². The number of ether oxygens (including phenoxy) is 1. The molecule has 0 unspecified atom stereocenters. The first-order valence-electron chi connectivity index (χ1n) is 7.05. The summed E-state index contributed by atoms with van der Waals surface area (Å²) >= 11 is 0. The lowest BCUT2D eigenvalue weighted by Gasteiger charge is -2.17. The van der Waals surface area contributed by atoms with Crippen LogP contribution in [-0.4, -0.2) is 25.1 Å². The molecule has 0 heterocycles. The number of benzene rings is 2. The van der Waals surface area contributed by atoms with Gasteiger partial charge in [-0.05, 0) is 43.3 Å². The number of rotatable bonds is 7. The zero-order valence-corrected chi connectivity index (χ0v) is 12.3. The Morgan fingerprint density at radius 2 is 1.95 bits per heavy atom. The number of anilines is 1. The Morgan fingerprint density at radius 1 is 1.14 bits per heavy atom. The minimum Gasteiger partial charge on any atom is -0.491 e. The van der Waals surface area contributed by atoms with Gasteiger partial charge in [0.2, 0.25) is 0 Å². The molecule has 112 valence electrons. The van der Waals surface area contributed by atoms with Crippen molar-refractivity contribution in [2.45, 2.75) is 13.0 Å². The second kappa shape index (κ2) is 7.64. The lowest BCUT2D eigenvalue weighted by atomic mass is 10.2. The quantitative estimate of drug-likeness (QED) is 0.627. The Bertz CT molecular complexity index is 574. The summed E-state index contributed by atoms with van der Waals surface area (Å²) in [6.45, 7) is 2.22. The van der Waals surface area contributed by atoms with Crippen LogP contribution in [0.1, 0.15) is 12.0 Å². The van der Waals surface area contributed by atoms with Gasteiger partial charge in [-0.2, -0.15) is 0 Å². The van der Waals surface area contributed by atoms with Crippen LogP contribution in [0.2, 0.25) is 0 Å². The molecule has 0 saturated carbocycles. The molecule has 0 aliphatic rings. The number of para-hydroxylation sites is 2. The van der Waals surface area contributed by atoms with Crippen LogP contribution in [0, 0.1) is 5.82 Å². The smallest absolute Gasteiger partial charge is 0.142 e. The highest BCUT2D eigenvalue weighted by atomic mass is 19.1. The maximum Gasteiger partial charge on any atom is 0.142 e. The number of nitrogens with zero attached hydrogens (tertiary/aromatic N) is 1. The molecule has 3 nitrogen and oxygen atoms in total. The molecule has 2 N–H and O–H groups in total. The lowest BCUT2D eigenvalue weighted by molar-refractivity contribution is 0.259. The molecular weight excluding hydrogens is 267 g/mol. The molecular formula is C17H21FN2O. The van der Waals surface area contributed by atoms with E-state index in [0.29, 0.717) is 12.3 Å². The summed E-state index contributed by atoms with van der Waals surface area (Å²) in [5.41, 5.74) is 7.44. The van der Waals surface area contributed by atoms with Gasteiger partial charge in [-0.25, -0.2) is 4.39 Å². The van der Waals surface area contributed by atoms with Crippen molar-refractivity contribution in [3.05, 3.63) is 59.9 Å². The van der Waals surface area contributed by atoms with E-state index in [0.717, 1.165) is 30.8 Å². The molecule has 0 aliphatic carbocycles. The normalized spacial score (nSPS) is 10.8. The Balaban J connectivity index is 1.70. The third kappa shape index (κ3) is 5.08. The fourth-order valence-corrected chi connectivity index (χ4v) is 2.15. The molecule has 0 fully saturated rings. The van der Waals surface area contributed by atoms with Crippen LogP contribution < -0.4 is 10.5 Å². The standard InChI is InChI=1S/C17H21FN2O/c1-20(13-14-6-4-7-15(18)12-14)10-5-11-21-17-9-3-2-8-16(17)19/h2-4,6-9,12H,5,10-11,13,19H2,1H3. The highest BCUT2D eigenvalue weighted by molar-refractivity contribution is 5.51. The van der Waals surface area contributed by atoms with Gasteiger partial charge < -0.3 is 15.4 Å². The monoisotopic (exact) mass is 288 g/mol. The van der Waals surface area contributed by atoms with Crippen molar-refractivity contribution in [3.8, 4) is 5.75 Å². The largest absolute Gasteiger partial charge is 0.491 e. The average molecular weight is 288 g/mol.